The molecule has 0 saturated carbocycles. The van der Waals surface area contributed by atoms with Gasteiger partial charge in [-0.3, -0.25) is 9.48 Å². The molecule has 3 aromatic carbocycles. The molecule has 230 valence electrons. The molecule has 1 fully saturated rings. The van der Waals surface area contributed by atoms with E-state index in [2.05, 4.69) is 32.9 Å². The Bertz CT molecular complexity index is 1650. The van der Waals surface area contributed by atoms with Gasteiger partial charge in [-0.2, -0.15) is 0 Å². The molecule has 0 aliphatic carbocycles. The molecule has 6 rings (SSSR count). The summed E-state index contributed by atoms with van der Waals surface area (Å²) in [5.74, 6) is -0.880. The fourth-order valence-corrected chi connectivity index (χ4v) is 10.2. The zero-order valence-electron chi connectivity index (χ0n) is 24.8. The second kappa shape index (κ2) is 12.3. The molecule has 1 N–H and O–H groups in total. The summed E-state index contributed by atoms with van der Waals surface area (Å²) in [5, 5.41) is 19.3. The van der Waals surface area contributed by atoms with Crippen LogP contribution in [-0.4, -0.2) is 47.1 Å². The Morgan fingerprint density at radius 1 is 1.14 bits per heavy atom. The Morgan fingerprint density at radius 3 is 2.55 bits per heavy atom. The third kappa shape index (κ3) is 5.64. The number of halogens is 3. The number of hydrogen-bond acceptors (Lipinski definition) is 5. The minimum atomic E-state index is -3.32. The van der Waals surface area contributed by atoms with Crippen molar-refractivity contribution in [2.45, 2.75) is 62.7 Å². The van der Waals surface area contributed by atoms with E-state index >= 15 is 4.11 Å². The number of aryl methyl sites for hydroxylation is 1. The van der Waals surface area contributed by atoms with E-state index in [-0.39, 0.29) is 18.4 Å². The van der Waals surface area contributed by atoms with E-state index in [1.165, 1.54) is 0 Å². The second-order valence-electron chi connectivity index (χ2n) is 12.3. The van der Waals surface area contributed by atoms with Crippen molar-refractivity contribution in [1.82, 2.24) is 15.0 Å². The number of benzene rings is 3. The molecular weight excluding hydrogens is 710 g/mol. The number of ether oxygens (including phenoxy) is 1. The van der Waals surface area contributed by atoms with Crippen LogP contribution in [-0.2, 0) is 28.2 Å². The maximum absolute atomic E-state index is 16.2. The van der Waals surface area contributed by atoms with E-state index < -0.39 is 31.6 Å². The van der Waals surface area contributed by atoms with Gasteiger partial charge >= 0.3 is 0 Å². The molecule has 5 atom stereocenters. The summed E-state index contributed by atoms with van der Waals surface area (Å²) in [4.78, 5) is 16.3. The first-order valence-corrected chi connectivity index (χ1v) is 19.2. The molecule has 44 heavy (non-hydrogen) atoms. The van der Waals surface area contributed by atoms with Crippen LogP contribution in [0.3, 0.4) is 0 Å². The molecule has 3 heterocycles. The highest BCUT2D eigenvalue weighted by Crippen LogP contribution is 2.60. The Hall–Kier alpha value is -2.64. The predicted octanol–water partition coefficient (Wildman–Crippen LogP) is 7.07. The maximum Gasteiger partial charge on any atom is 0.264 e. The lowest BCUT2D eigenvalue weighted by molar-refractivity contribution is -0.146. The van der Waals surface area contributed by atoms with Gasteiger partial charge in [0.1, 0.15) is 0 Å². The highest BCUT2D eigenvalue weighted by atomic mass is 127. The van der Waals surface area contributed by atoms with E-state index in [4.69, 9.17) is 16.3 Å². The van der Waals surface area contributed by atoms with Crippen molar-refractivity contribution >= 4 is 54.2 Å². The normalized spacial score (nSPS) is 23.8. The van der Waals surface area contributed by atoms with Gasteiger partial charge in [-0.15, -0.1) is 5.10 Å². The van der Waals surface area contributed by atoms with E-state index in [0.717, 1.165) is 20.4 Å². The number of hydrogen-bond donors (Lipinski definition) is 1. The molecule has 0 bridgehead atoms. The van der Waals surface area contributed by atoms with E-state index in [9.17, 15) is 9.90 Å². The number of carbonyl (C=O) groups is 1. The quantitative estimate of drug-likeness (QED) is 0.113. The molecular formula is C33H35ClFIN4O3Si. The summed E-state index contributed by atoms with van der Waals surface area (Å²) in [6.07, 6.45) is 1.77. The topological polar surface area (TPSA) is 80.5 Å². The van der Waals surface area contributed by atoms with E-state index in [0.29, 0.717) is 35.8 Å². The lowest BCUT2D eigenvalue weighted by atomic mass is 9.82. The van der Waals surface area contributed by atoms with Crippen LogP contribution in [0, 0.1) is 9.49 Å². The van der Waals surface area contributed by atoms with Gasteiger partial charge in [0.05, 0.1) is 36.6 Å². The number of anilines is 1. The van der Waals surface area contributed by atoms with Crippen LogP contribution >= 0.6 is 34.2 Å². The lowest BCUT2D eigenvalue weighted by Gasteiger charge is -2.31. The molecule has 11 heteroatoms. The average molecular weight is 745 g/mol. The van der Waals surface area contributed by atoms with Crippen LogP contribution in [0.15, 0.2) is 79.0 Å². The fourth-order valence-electron chi connectivity index (χ4n) is 7.12. The lowest BCUT2D eigenvalue weighted by Crippen LogP contribution is -2.45. The first-order chi connectivity index (χ1) is 21.0. The molecule has 0 radical (unpaired) electrons. The van der Waals surface area contributed by atoms with Crippen molar-refractivity contribution in [2.24, 2.45) is 5.92 Å². The number of aliphatic hydroxyl groups excluding tert-OH is 1. The predicted molar refractivity (Wildman–Crippen MR) is 180 cm³/mol. The zero-order chi connectivity index (χ0) is 31.2. The monoisotopic (exact) mass is 744 g/mol. The summed E-state index contributed by atoms with van der Waals surface area (Å²) in [5.41, 5.74) is 2.29. The van der Waals surface area contributed by atoms with Gasteiger partial charge in [0.25, 0.3) is 5.91 Å². The largest absolute Gasteiger partial charge is 0.395 e. The minimum Gasteiger partial charge on any atom is -0.395 e. The molecule has 2 aliphatic heterocycles. The molecule has 1 unspecified atom stereocenters. The number of aromatic nitrogens is 3. The molecule has 1 aromatic heterocycles. The molecule has 2 aliphatic rings. The number of carbonyl (C=O) groups excluding carboxylic acids is 1. The van der Waals surface area contributed by atoms with Gasteiger partial charge in [0.15, 0.2) is 5.60 Å². The van der Waals surface area contributed by atoms with Gasteiger partial charge < -0.3 is 18.9 Å². The van der Waals surface area contributed by atoms with Crippen LogP contribution < -0.4 is 4.90 Å². The highest BCUT2D eigenvalue weighted by Gasteiger charge is 2.66. The fraction of sp³-hybridized carbons (Fsp3) is 0.364. The van der Waals surface area contributed by atoms with Crippen molar-refractivity contribution in [2.75, 3.05) is 11.5 Å². The van der Waals surface area contributed by atoms with Crippen molar-refractivity contribution < 1.29 is 18.7 Å². The van der Waals surface area contributed by atoms with E-state index in [1.807, 2.05) is 79.9 Å². The second-order valence-corrected chi connectivity index (χ2v) is 17.8. The zero-order valence-corrected chi connectivity index (χ0v) is 28.7. The number of aliphatic hydroxyl groups is 1. The minimum absolute atomic E-state index is 0.0962. The van der Waals surface area contributed by atoms with Crippen LogP contribution in [0.25, 0.3) is 0 Å². The van der Waals surface area contributed by atoms with Crippen molar-refractivity contribution in [3.8, 4) is 0 Å². The highest BCUT2D eigenvalue weighted by molar-refractivity contribution is 14.1. The Morgan fingerprint density at radius 2 is 1.86 bits per heavy atom. The first kappa shape index (κ1) is 31.3. The molecule has 4 aromatic rings. The van der Waals surface area contributed by atoms with Gasteiger partial charge in [-0.05, 0) is 83.6 Å². The molecule has 1 spiro atoms. The number of rotatable bonds is 9. The third-order valence-corrected chi connectivity index (χ3v) is 12.5. The summed E-state index contributed by atoms with van der Waals surface area (Å²) in [6, 6.07) is 23.2. The van der Waals surface area contributed by atoms with Crippen LogP contribution in [0.2, 0.25) is 23.7 Å². The summed E-state index contributed by atoms with van der Waals surface area (Å²) < 4.78 is 25.9. The van der Waals surface area contributed by atoms with Crippen LogP contribution in [0.4, 0.5) is 9.80 Å². The molecule has 1 amide bonds. The molecule has 7 nitrogen and oxygen atoms in total. The summed E-state index contributed by atoms with van der Waals surface area (Å²) >= 11 is 8.77. The maximum atomic E-state index is 16.2. The standard InChI is InChI=1S/C33H35ClFIN4O3Si/c1-21-31(44(2,3)35)30(15-16-39-19-28(37-38-39)26(20-41)23-7-5-4-6-8-23)43-33(21)27-17-24(34)11-14-29(27)40(32(33)42)18-22-9-12-25(36)13-10-22/h4-14,17,19,21,26,30-31,41H,15-16,18,20H2,1-3H3/t21-,26?,30+,31-,33+/m1/s1. The van der Waals surface area contributed by atoms with Gasteiger partial charge in [0.2, 0.25) is 8.41 Å². The van der Waals surface area contributed by atoms with Gasteiger partial charge in [0, 0.05) is 38.4 Å². The number of nitrogens with zero attached hydrogens (tertiary/aromatic N) is 4. The number of fused-ring (bicyclic) bond motifs is 2. The molecule has 1 saturated heterocycles. The number of amides is 1. The summed E-state index contributed by atoms with van der Waals surface area (Å²) in [7, 11) is -3.32. The Balaban J connectivity index is 1.30. The summed E-state index contributed by atoms with van der Waals surface area (Å²) in [6.45, 7) is 6.06. The van der Waals surface area contributed by atoms with Crippen molar-refractivity contribution in [3.05, 3.63) is 110 Å². The average Bonchev–Trinajstić information content (AvgIpc) is 3.64. The van der Waals surface area contributed by atoms with Crippen LogP contribution in [0.1, 0.15) is 41.6 Å². The van der Waals surface area contributed by atoms with Crippen molar-refractivity contribution in [1.29, 1.82) is 0 Å². The first-order valence-electron chi connectivity index (χ1n) is 14.8. The Labute approximate surface area is 276 Å². The van der Waals surface area contributed by atoms with Crippen molar-refractivity contribution in [3.63, 3.8) is 0 Å². The van der Waals surface area contributed by atoms with Gasteiger partial charge in [-0.25, -0.2) is 0 Å². The van der Waals surface area contributed by atoms with E-state index in [1.54, 1.807) is 28.7 Å². The smallest absolute Gasteiger partial charge is 0.264 e. The van der Waals surface area contributed by atoms with Gasteiger partial charge in [-0.1, -0.05) is 66.2 Å². The SMILES string of the molecule is C[C@@H]1[C@@H]([Si](C)(C)F)[C@H](CCn2cc(C(CO)c3ccccc3)nn2)O[C@@]12C(=O)N(Cc1ccc(I)cc1)c1ccc(Cl)cc12. The third-order valence-electron chi connectivity index (χ3n) is 9.12. The Kier molecular flexibility index (Phi) is 8.75. The van der Waals surface area contributed by atoms with Crippen LogP contribution in [0.5, 0.6) is 0 Å².